The molecule has 0 saturated carbocycles. The van der Waals surface area contributed by atoms with Gasteiger partial charge in [-0.05, 0) is 12.2 Å². The van der Waals surface area contributed by atoms with Crippen molar-refractivity contribution in [1.82, 2.24) is 15.2 Å². The van der Waals surface area contributed by atoms with Crippen molar-refractivity contribution in [1.29, 1.82) is 0 Å². The van der Waals surface area contributed by atoms with E-state index >= 15 is 0 Å². The molecule has 3 rings (SSSR count). The summed E-state index contributed by atoms with van der Waals surface area (Å²) in [5.74, 6) is -0.890. The predicted molar refractivity (Wildman–Crippen MR) is 76.0 cm³/mol. The van der Waals surface area contributed by atoms with Crippen LogP contribution >= 0.6 is 0 Å². The fraction of sp³-hybridized carbons (Fsp3) is 0.286. The quantitative estimate of drug-likeness (QED) is 0.778. The van der Waals surface area contributed by atoms with E-state index in [1.54, 1.807) is 30.6 Å². The highest BCUT2D eigenvalue weighted by atomic mass is 16.5. The number of primary amides is 1. The van der Waals surface area contributed by atoms with Crippen molar-refractivity contribution in [2.45, 2.75) is 5.60 Å². The summed E-state index contributed by atoms with van der Waals surface area (Å²) in [5.41, 5.74) is 5.90. The smallest absolute Gasteiger partial charge is 0.231 e. The number of allylic oxidation sites excluding steroid dienone is 2. The van der Waals surface area contributed by atoms with Crippen LogP contribution in [0.2, 0.25) is 0 Å². The van der Waals surface area contributed by atoms with Crippen molar-refractivity contribution in [3.8, 4) is 0 Å². The Labute approximate surface area is 120 Å². The second-order valence-corrected chi connectivity index (χ2v) is 4.82. The van der Waals surface area contributed by atoms with E-state index in [0.29, 0.717) is 11.5 Å². The van der Waals surface area contributed by atoms with Crippen LogP contribution in [0, 0.1) is 5.92 Å². The molecule has 1 aliphatic rings. The number of fused-ring (bicyclic) bond motifs is 1. The van der Waals surface area contributed by atoms with Crippen molar-refractivity contribution in [2.75, 3.05) is 14.2 Å². The molecule has 0 saturated heterocycles. The topological polar surface area (TPSA) is 106 Å². The van der Waals surface area contributed by atoms with Crippen LogP contribution in [-0.4, -0.2) is 35.3 Å². The number of nitrogens with zero attached hydrogens (tertiary/aromatic N) is 1. The number of nitrogens with one attached hydrogen (secondary N) is 2. The first-order chi connectivity index (χ1) is 10.1. The van der Waals surface area contributed by atoms with Crippen LogP contribution in [0.1, 0.15) is 5.69 Å². The van der Waals surface area contributed by atoms with Gasteiger partial charge in [0.05, 0.1) is 12.6 Å². The largest absolute Gasteiger partial charge is 0.500 e. The zero-order valence-corrected chi connectivity index (χ0v) is 11.7. The van der Waals surface area contributed by atoms with Gasteiger partial charge in [-0.25, -0.2) is 0 Å². The van der Waals surface area contributed by atoms with Crippen molar-refractivity contribution >= 4 is 16.8 Å². The molecule has 7 heteroatoms. The van der Waals surface area contributed by atoms with Gasteiger partial charge >= 0.3 is 0 Å². The van der Waals surface area contributed by atoms with Crippen LogP contribution in [0.5, 0.6) is 0 Å². The molecule has 1 amide bonds. The molecule has 4 N–H and O–H groups in total. The highest BCUT2D eigenvalue weighted by Crippen LogP contribution is 2.43. The third-order valence-electron chi connectivity index (χ3n) is 3.83. The SMILES string of the molecule is COC1=CC=CC(OC)(c2n[nH]c3c[nH]cc23)C1C(N)=O. The number of hydrogen-bond acceptors (Lipinski definition) is 4. The number of H-pyrrole nitrogens is 2. The van der Waals surface area contributed by atoms with Crippen LogP contribution < -0.4 is 5.73 Å². The van der Waals surface area contributed by atoms with Crippen molar-refractivity contribution in [3.63, 3.8) is 0 Å². The molecule has 0 spiro atoms. The van der Waals surface area contributed by atoms with Crippen molar-refractivity contribution in [2.24, 2.45) is 11.7 Å². The summed E-state index contributed by atoms with van der Waals surface area (Å²) in [5, 5.41) is 8.06. The van der Waals surface area contributed by atoms with Gasteiger partial charge < -0.3 is 20.2 Å². The average Bonchev–Trinajstić information content (AvgIpc) is 3.08. The summed E-state index contributed by atoms with van der Waals surface area (Å²) in [6.45, 7) is 0. The monoisotopic (exact) mass is 288 g/mol. The molecular weight excluding hydrogens is 272 g/mol. The number of amides is 1. The second kappa shape index (κ2) is 4.78. The van der Waals surface area contributed by atoms with Crippen LogP contribution in [0.15, 0.2) is 36.4 Å². The molecule has 0 aromatic carbocycles. The first-order valence-corrected chi connectivity index (χ1v) is 6.43. The Morgan fingerprint density at radius 3 is 2.90 bits per heavy atom. The number of aromatic nitrogens is 3. The van der Waals surface area contributed by atoms with E-state index in [2.05, 4.69) is 15.2 Å². The third-order valence-corrected chi connectivity index (χ3v) is 3.83. The average molecular weight is 288 g/mol. The van der Waals surface area contributed by atoms with Gasteiger partial charge in [-0.1, -0.05) is 6.08 Å². The minimum atomic E-state index is -1.10. The van der Waals surface area contributed by atoms with Gasteiger partial charge in [0.25, 0.3) is 0 Å². The maximum absolute atomic E-state index is 12.0. The van der Waals surface area contributed by atoms with Crippen LogP contribution in [0.3, 0.4) is 0 Å². The molecule has 0 aliphatic heterocycles. The number of hydrogen-bond donors (Lipinski definition) is 3. The lowest BCUT2D eigenvalue weighted by molar-refractivity contribution is -0.131. The minimum Gasteiger partial charge on any atom is -0.500 e. The summed E-state index contributed by atoms with van der Waals surface area (Å²) in [6.07, 6.45) is 8.83. The van der Waals surface area contributed by atoms with Gasteiger partial charge in [0, 0.05) is 24.9 Å². The normalized spacial score (nSPS) is 25.0. The van der Waals surface area contributed by atoms with Crippen molar-refractivity contribution in [3.05, 3.63) is 42.1 Å². The first kappa shape index (κ1) is 13.4. The zero-order chi connectivity index (χ0) is 15.0. The van der Waals surface area contributed by atoms with E-state index in [0.717, 1.165) is 10.9 Å². The van der Waals surface area contributed by atoms with Gasteiger partial charge in [0.1, 0.15) is 23.0 Å². The highest BCUT2D eigenvalue weighted by molar-refractivity contribution is 5.86. The maximum Gasteiger partial charge on any atom is 0.231 e. The fourth-order valence-corrected chi connectivity index (χ4v) is 2.85. The lowest BCUT2D eigenvalue weighted by atomic mass is 9.78. The summed E-state index contributed by atoms with van der Waals surface area (Å²) in [6, 6.07) is 0. The number of nitrogens with two attached hydrogens (primary N) is 1. The zero-order valence-electron chi connectivity index (χ0n) is 11.7. The van der Waals surface area contributed by atoms with Gasteiger partial charge in [-0.2, -0.15) is 5.10 Å². The number of ether oxygens (including phenoxy) is 2. The number of rotatable bonds is 4. The fourth-order valence-electron chi connectivity index (χ4n) is 2.85. The standard InChI is InChI=1S/C14H16N4O3/c1-20-10-4-3-5-14(21-2,11(10)13(15)19)12-8-6-16-7-9(8)17-18-12/h3-7,11,16-17H,1-2H3,(H2,15,19). The van der Waals surface area contributed by atoms with Crippen LogP contribution in [0.4, 0.5) is 0 Å². The molecule has 1 aliphatic carbocycles. The lowest BCUT2D eigenvalue weighted by Crippen LogP contribution is -2.46. The Morgan fingerprint density at radius 2 is 2.24 bits per heavy atom. The summed E-state index contributed by atoms with van der Waals surface area (Å²) >= 11 is 0. The summed E-state index contributed by atoms with van der Waals surface area (Å²) < 4.78 is 11.0. The number of carbonyl (C=O) groups is 1. The number of methoxy groups -OCH3 is 2. The first-order valence-electron chi connectivity index (χ1n) is 6.43. The summed E-state index contributed by atoms with van der Waals surface area (Å²) in [7, 11) is 3.02. The van der Waals surface area contributed by atoms with Crippen LogP contribution in [-0.2, 0) is 19.9 Å². The Kier molecular flexibility index (Phi) is 3.06. The molecule has 2 aromatic heterocycles. The molecule has 110 valence electrons. The molecule has 7 nitrogen and oxygen atoms in total. The Balaban J connectivity index is 2.23. The van der Waals surface area contributed by atoms with Gasteiger partial charge in [0.15, 0.2) is 0 Å². The predicted octanol–water partition coefficient (Wildman–Crippen LogP) is 0.934. The molecule has 2 heterocycles. The molecule has 2 atom stereocenters. The lowest BCUT2D eigenvalue weighted by Gasteiger charge is -2.36. The van der Waals surface area contributed by atoms with E-state index in [9.17, 15) is 4.79 Å². The Hall–Kier alpha value is -2.54. The van der Waals surface area contributed by atoms with Gasteiger partial charge in [-0.3, -0.25) is 9.89 Å². The van der Waals surface area contributed by atoms with E-state index < -0.39 is 17.4 Å². The molecule has 2 aromatic rings. The molecule has 0 bridgehead atoms. The van der Waals surface area contributed by atoms with E-state index in [1.807, 2.05) is 0 Å². The van der Waals surface area contributed by atoms with Crippen molar-refractivity contribution < 1.29 is 14.3 Å². The van der Waals surface area contributed by atoms with E-state index in [-0.39, 0.29) is 0 Å². The van der Waals surface area contributed by atoms with Gasteiger partial charge in [-0.15, -0.1) is 0 Å². The van der Waals surface area contributed by atoms with E-state index in [4.69, 9.17) is 15.2 Å². The molecular formula is C14H16N4O3. The Morgan fingerprint density at radius 1 is 1.43 bits per heavy atom. The Bertz CT molecular complexity index is 742. The van der Waals surface area contributed by atoms with Gasteiger partial charge in [0.2, 0.25) is 5.91 Å². The molecule has 0 fully saturated rings. The maximum atomic E-state index is 12.0. The molecule has 2 unspecified atom stereocenters. The van der Waals surface area contributed by atoms with E-state index in [1.165, 1.54) is 14.2 Å². The highest BCUT2D eigenvalue weighted by Gasteiger charge is 2.49. The number of carbonyl (C=O) groups excluding carboxylic acids is 1. The molecule has 0 radical (unpaired) electrons. The van der Waals surface area contributed by atoms with Crippen LogP contribution in [0.25, 0.3) is 10.9 Å². The summed E-state index contributed by atoms with van der Waals surface area (Å²) in [4.78, 5) is 15.0. The third kappa shape index (κ3) is 1.78. The minimum absolute atomic E-state index is 0.443. The second-order valence-electron chi connectivity index (χ2n) is 4.82. The number of aromatic amines is 2. The molecule has 21 heavy (non-hydrogen) atoms.